The Bertz CT molecular complexity index is 725. The summed E-state index contributed by atoms with van der Waals surface area (Å²) in [5.41, 5.74) is 2.74. The number of ether oxygens (including phenoxy) is 1. The summed E-state index contributed by atoms with van der Waals surface area (Å²) >= 11 is 0. The fourth-order valence-corrected chi connectivity index (χ4v) is 4.14. The predicted octanol–water partition coefficient (Wildman–Crippen LogP) is 5.30. The summed E-state index contributed by atoms with van der Waals surface area (Å²) < 4.78 is 6.97. The molecule has 0 amide bonds. The van der Waals surface area contributed by atoms with Crippen LogP contribution in [-0.2, 0) is 10.3 Å². The van der Waals surface area contributed by atoms with E-state index in [1.165, 1.54) is 0 Å². The van der Waals surface area contributed by atoms with Gasteiger partial charge in [-0.25, -0.2) is 0 Å². The van der Waals surface area contributed by atoms with E-state index in [9.17, 15) is 5.11 Å². The van der Waals surface area contributed by atoms with Crippen molar-refractivity contribution in [2.75, 3.05) is 0 Å². The molecular weight excluding hydrogens is 332 g/mol. The average Bonchev–Trinajstić information content (AvgIpc) is 2.75. The highest BCUT2D eigenvalue weighted by atomic mass is 16.5. The lowest BCUT2D eigenvalue weighted by Gasteiger charge is -2.40. The van der Waals surface area contributed by atoms with E-state index in [0.29, 0.717) is 0 Å². The summed E-state index contributed by atoms with van der Waals surface area (Å²) in [7, 11) is 0. The SMILES string of the molecule is O[C@H]1CC[C@H](OC(c2ccccc2)(c2ccccc2)c2ccccc2)CC1. The minimum atomic E-state index is -0.656. The van der Waals surface area contributed by atoms with E-state index < -0.39 is 5.60 Å². The van der Waals surface area contributed by atoms with Crippen molar-refractivity contribution in [1.29, 1.82) is 0 Å². The summed E-state index contributed by atoms with van der Waals surface area (Å²) in [6.07, 6.45) is 3.31. The minimum absolute atomic E-state index is 0.119. The monoisotopic (exact) mass is 358 g/mol. The molecule has 4 rings (SSSR count). The summed E-state index contributed by atoms with van der Waals surface area (Å²) in [5, 5.41) is 9.92. The average molecular weight is 358 g/mol. The van der Waals surface area contributed by atoms with E-state index in [1.807, 2.05) is 18.2 Å². The summed E-state index contributed by atoms with van der Waals surface area (Å²) in [6.45, 7) is 0. The van der Waals surface area contributed by atoms with Gasteiger partial charge in [-0.05, 0) is 42.4 Å². The maximum Gasteiger partial charge on any atom is 0.144 e. The molecule has 0 spiro atoms. The number of benzene rings is 3. The lowest BCUT2D eigenvalue weighted by atomic mass is 9.79. The summed E-state index contributed by atoms with van der Waals surface area (Å²) in [4.78, 5) is 0. The molecule has 2 heteroatoms. The molecule has 138 valence electrons. The van der Waals surface area contributed by atoms with Crippen molar-refractivity contribution in [3.8, 4) is 0 Å². The Morgan fingerprint density at radius 2 is 0.963 bits per heavy atom. The van der Waals surface area contributed by atoms with Crippen LogP contribution < -0.4 is 0 Å². The highest BCUT2D eigenvalue weighted by molar-refractivity contribution is 5.47. The maximum absolute atomic E-state index is 9.92. The van der Waals surface area contributed by atoms with Gasteiger partial charge in [0.15, 0.2) is 0 Å². The van der Waals surface area contributed by atoms with Crippen molar-refractivity contribution in [2.24, 2.45) is 0 Å². The van der Waals surface area contributed by atoms with Gasteiger partial charge in [0.2, 0.25) is 0 Å². The second-order valence-corrected chi connectivity index (χ2v) is 7.33. The molecule has 1 aliphatic carbocycles. The van der Waals surface area contributed by atoms with Crippen LogP contribution in [0.4, 0.5) is 0 Å². The zero-order valence-corrected chi connectivity index (χ0v) is 15.5. The zero-order chi connectivity index (χ0) is 18.5. The molecule has 0 heterocycles. The van der Waals surface area contributed by atoms with Crippen LogP contribution in [0.5, 0.6) is 0 Å². The van der Waals surface area contributed by atoms with Crippen molar-refractivity contribution in [3.05, 3.63) is 108 Å². The van der Waals surface area contributed by atoms with E-state index in [-0.39, 0.29) is 12.2 Å². The number of hydrogen-bond acceptors (Lipinski definition) is 2. The van der Waals surface area contributed by atoms with Gasteiger partial charge in [-0.15, -0.1) is 0 Å². The molecule has 3 aromatic carbocycles. The second-order valence-electron chi connectivity index (χ2n) is 7.33. The van der Waals surface area contributed by atoms with Crippen LogP contribution >= 0.6 is 0 Å². The van der Waals surface area contributed by atoms with E-state index >= 15 is 0 Å². The molecule has 0 aliphatic heterocycles. The third kappa shape index (κ3) is 3.69. The quantitative estimate of drug-likeness (QED) is 0.627. The number of hydrogen-bond donors (Lipinski definition) is 1. The lowest BCUT2D eigenvalue weighted by Crippen LogP contribution is -2.38. The molecule has 2 nitrogen and oxygen atoms in total. The summed E-state index contributed by atoms with van der Waals surface area (Å²) in [6, 6.07) is 31.5. The minimum Gasteiger partial charge on any atom is -0.393 e. The van der Waals surface area contributed by atoms with E-state index in [4.69, 9.17) is 4.74 Å². The van der Waals surface area contributed by atoms with Gasteiger partial charge in [-0.2, -0.15) is 0 Å². The first kappa shape index (κ1) is 18.0. The van der Waals surface area contributed by atoms with Gasteiger partial charge in [-0.3, -0.25) is 0 Å². The van der Waals surface area contributed by atoms with Crippen molar-refractivity contribution in [2.45, 2.75) is 43.5 Å². The highest BCUT2D eigenvalue weighted by Crippen LogP contribution is 2.43. The Kier molecular flexibility index (Phi) is 5.38. The molecule has 1 aliphatic rings. The molecule has 27 heavy (non-hydrogen) atoms. The molecule has 1 N–H and O–H groups in total. The van der Waals surface area contributed by atoms with E-state index in [2.05, 4.69) is 72.8 Å². The van der Waals surface area contributed by atoms with Crippen molar-refractivity contribution >= 4 is 0 Å². The topological polar surface area (TPSA) is 29.5 Å². The Balaban J connectivity index is 1.86. The van der Waals surface area contributed by atoms with Crippen LogP contribution in [0.25, 0.3) is 0 Å². The lowest BCUT2D eigenvalue weighted by molar-refractivity contribution is -0.0758. The molecule has 0 aromatic heterocycles. The molecule has 1 fully saturated rings. The molecule has 1 saturated carbocycles. The van der Waals surface area contributed by atoms with Crippen LogP contribution in [0.1, 0.15) is 42.4 Å². The highest BCUT2D eigenvalue weighted by Gasteiger charge is 2.40. The Morgan fingerprint density at radius 1 is 0.593 bits per heavy atom. The van der Waals surface area contributed by atoms with Crippen LogP contribution in [0.15, 0.2) is 91.0 Å². The van der Waals surface area contributed by atoms with Crippen molar-refractivity contribution in [1.82, 2.24) is 0 Å². The van der Waals surface area contributed by atoms with Gasteiger partial charge in [0.05, 0.1) is 12.2 Å². The van der Waals surface area contributed by atoms with Gasteiger partial charge in [-0.1, -0.05) is 91.0 Å². The summed E-state index contributed by atoms with van der Waals surface area (Å²) in [5.74, 6) is 0. The zero-order valence-electron chi connectivity index (χ0n) is 15.5. The second kappa shape index (κ2) is 8.08. The first-order valence-corrected chi connectivity index (χ1v) is 9.81. The number of aliphatic hydroxyl groups excluding tert-OH is 1. The van der Waals surface area contributed by atoms with Crippen molar-refractivity contribution < 1.29 is 9.84 Å². The van der Waals surface area contributed by atoms with Gasteiger partial charge >= 0.3 is 0 Å². The van der Waals surface area contributed by atoms with Crippen LogP contribution in [0.3, 0.4) is 0 Å². The van der Waals surface area contributed by atoms with Gasteiger partial charge in [0, 0.05) is 0 Å². The first-order valence-electron chi connectivity index (χ1n) is 9.81. The third-order valence-corrected chi connectivity index (χ3v) is 5.53. The third-order valence-electron chi connectivity index (χ3n) is 5.53. The van der Waals surface area contributed by atoms with Crippen molar-refractivity contribution in [3.63, 3.8) is 0 Å². The normalized spacial score (nSPS) is 20.3. The Hall–Kier alpha value is -2.42. The van der Waals surface area contributed by atoms with Crippen LogP contribution in [0, 0.1) is 0 Å². The van der Waals surface area contributed by atoms with E-state index in [1.54, 1.807) is 0 Å². The molecule has 0 unspecified atom stereocenters. The molecule has 0 bridgehead atoms. The Morgan fingerprint density at radius 3 is 1.33 bits per heavy atom. The number of aliphatic hydroxyl groups is 1. The Labute approximate surface area is 161 Å². The maximum atomic E-state index is 9.92. The standard InChI is InChI=1S/C25H26O2/c26-23-16-18-24(19-17-23)27-25(20-10-4-1-5-11-20,21-12-6-2-7-13-21)22-14-8-3-9-15-22/h1-15,23-24,26H,16-19H2/t23-,24-. The molecule has 3 aromatic rings. The largest absolute Gasteiger partial charge is 0.393 e. The molecule has 0 saturated heterocycles. The predicted molar refractivity (Wildman–Crippen MR) is 109 cm³/mol. The van der Waals surface area contributed by atoms with Gasteiger partial charge < -0.3 is 9.84 Å². The number of rotatable bonds is 5. The van der Waals surface area contributed by atoms with E-state index in [0.717, 1.165) is 42.4 Å². The molecule has 0 atom stereocenters. The smallest absolute Gasteiger partial charge is 0.144 e. The van der Waals surface area contributed by atoms with Crippen LogP contribution in [-0.4, -0.2) is 17.3 Å². The molecule has 0 radical (unpaired) electrons. The molecular formula is C25H26O2. The fraction of sp³-hybridized carbons (Fsp3) is 0.280. The van der Waals surface area contributed by atoms with Crippen LogP contribution in [0.2, 0.25) is 0 Å². The van der Waals surface area contributed by atoms with Gasteiger partial charge in [0.25, 0.3) is 0 Å². The first-order chi connectivity index (χ1) is 13.3. The van der Waals surface area contributed by atoms with Gasteiger partial charge in [0.1, 0.15) is 5.60 Å². The fourth-order valence-electron chi connectivity index (χ4n) is 4.14.